The van der Waals surface area contributed by atoms with Crippen molar-refractivity contribution in [3.8, 4) is 0 Å². The van der Waals surface area contributed by atoms with Crippen molar-refractivity contribution in [3.05, 3.63) is 0 Å². The monoisotopic (exact) mass is 281 g/mol. The molecule has 3 rings (SSSR count). The van der Waals surface area contributed by atoms with Crippen molar-refractivity contribution >= 4 is 23.2 Å². The lowest BCUT2D eigenvalue weighted by molar-refractivity contribution is -0.135. The molecule has 0 unspecified atom stereocenters. The van der Waals surface area contributed by atoms with E-state index in [1.807, 2.05) is 0 Å². The number of carbonyl (C=O) groups excluding carboxylic acids is 1. The summed E-state index contributed by atoms with van der Waals surface area (Å²) < 4.78 is 0. The number of nitrogens with one attached hydrogen (secondary N) is 1. The maximum atomic E-state index is 12.3. The molecule has 5 heteroatoms. The second-order valence-corrected chi connectivity index (χ2v) is 6.40. The second-order valence-electron chi connectivity index (χ2n) is 6.02. The Kier molecular flexibility index (Phi) is 3.91. The van der Waals surface area contributed by atoms with E-state index in [1.165, 1.54) is 25.7 Å². The molecule has 3 aliphatic rings. The molecule has 2 aliphatic heterocycles. The summed E-state index contributed by atoms with van der Waals surface area (Å²) in [5.41, 5.74) is 0. The number of piperidine rings is 1. The van der Waals surface area contributed by atoms with Gasteiger partial charge in [0.25, 0.3) is 0 Å². The second kappa shape index (κ2) is 5.65. The number of hydrogen-bond donors (Lipinski definition) is 1. The minimum Gasteiger partial charge on any atom is -0.360 e. The van der Waals surface area contributed by atoms with E-state index in [9.17, 15) is 4.79 Å². The highest BCUT2D eigenvalue weighted by atomic mass is 32.1. The van der Waals surface area contributed by atoms with Crippen molar-refractivity contribution in [2.45, 2.75) is 44.6 Å². The molecule has 1 aliphatic carbocycles. The molecule has 0 atom stereocenters. The van der Waals surface area contributed by atoms with Crippen LogP contribution in [0.1, 0.15) is 38.5 Å². The van der Waals surface area contributed by atoms with Gasteiger partial charge in [0, 0.05) is 38.1 Å². The fourth-order valence-corrected chi connectivity index (χ4v) is 3.37. The molecule has 0 radical (unpaired) electrons. The normalized spacial score (nSPS) is 24.6. The lowest BCUT2D eigenvalue weighted by Gasteiger charge is -2.34. The molecule has 2 saturated heterocycles. The zero-order valence-electron chi connectivity index (χ0n) is 11.4. The van der Waals surface area contributed by atoms with Crippen LogP contribution in [-0.4, -0.2) is 53.0 Å². The first kappa shape index (κ1) is 13.2. The highest BCUT2D eigenvalue weighted by Crippen LogP contribution is 2.23. The number of likely N-dealkylation sites (tertiary alicyclic amines) is 2. The smallest absolute Gasteiger partial charge is 0.225 e. The number of rotatable bonds is 2. The van der Waals surface area contributed by atoms with Gasteiger partial charge in [-0.05, 0) is 50.7 Å². The predicted octanol–water partition coefficient (Wildman–Crippen LogP) is 1.36. The fraction of sp³-hybridized carbons (Fsp3) is 0.857. The number of nitrogens with zero attached hydrogens (tertiary/aromatic N) is 2. The summed E-state index contributed by atoms with van der Waals surface area (Å²) in [7, 11) is 0. The van der Waals surface area contributed by atoms with Crippen LogP contribution in [-0.2, 0) is 4.79 Å². The van der Waals surface area contributed by atoms with Crippen molar-refractivity contribution in [1.82, 2.24) is 15.1 Å². The van der Waals surface area contributed by atoms with Crippen LogP contribution in [0.3, 0.4) is 0 Å². The number of thiocarbonyl (C=S) groups is 1. The Hall–Kier alpha value is -0.840. The van der Waals surface area contributed by atoms with Gasteiger partial charge in [0.1, 0.15) is 0 Å². The van der Waals surface area contributed by atoms with Crippen LogP contribution in [0, 0.1) is 5.92 Å². The minimum absolute atomic E-state index is 0.234. The van der Waals surface area contributed by atoms with Gasteiger partial charge in [-0.15, -0.1) is 0 Å². The van der Waals surface area contributed by atoms with E-state index < -0.39 is 0 Å². The third-order valence-corrected chi connectivity index (χ3v) is 4.83. The molecule has 0 spiro atoms. The van der Waals surface area contributed by atoms with Crippen LogP contribution in [0.25, 0.3) is 0 Å². The molecule has 106 valence electrons. The first-order chi connectivity index (χ1) is 9.24. The number of carbonyl (C=O) groups is 1. The van der Waals surface area contributed by atoms with E-state index in [-0.39, 0.29) is 5.92 Å². The molecule has 1 N–H and O–H groups in total. The van der Waals surface area contributed by atoms with Gasteiger partial charge in [0.05, 0.1) is 0 Å². The number of amides is 1. The largest absolute Gasteiger partial charge is 0.360 e. The molecule has 1 amide bonds. The van der Waals surface area contributed by atoms with Crippen molar-refractivity contribution in [2.75, 3.05) is 26.2 Å². The highest BCUT2D eigenvalue weighted by Gasteiger charge is 2.31. The van der Waals surface area contributed by atoms with Gasteiger partial charge in [-0.3, -0.25) is 4.79 Å². The van der Waals surface area contributed by atoms with Gasteiger partial charge in [-0.25, -0.2) is 0 Å². The molecule has 2 heterocycles. The van der Waals surface area contributed by atoms with Gasteiger partial charge >= 0.3 is 0 Å². The molecular weight excluding hydrogens is 258 g/mol. The van der Waals surface area contributed by atoms with Crippen LogP contribution in [0.2, 0.25) is 0 Å². The molecule has 19 heavy (non-hydrogen) atoms. The van der Waals surface area contributed by atoms with E-state index in [0.717, 1.165) is 44.1 Å². The van der Waals surface area contributed by atoms with E-state index in [2.05, 4.69) is 15.1 Å². The summed E-state index contributed by atoms with van der Waals surface area (Å²) in [4.78, 5) is 16.6. The first-order valence-electron chi connectivity index (χ1n) is 7.58. The van der Waals surface area contributed by atoms with Gasteiger partial charge < -0.3 is 15.1 Å². The van der Waals surface area contributed by atoms with Crippen LogP contribution in [0.5, 0.6) is 0 Å². The minimum atomic E-state index is 0.234. The third kappa shape index (κ3) is 3.19. The summed E-state index contributed by atoms with van der Waals surface area (Å²) in [6.45, 7) is 3.81. The Morgan fingerprint density at radius 3 is 2.16 bits per heavy atom. The third-order valence-electron chi connectivity index (χ3n) is 4.45. The van der Waals surface area contributed by atoms with E-state index in [4.69, 9.17) is 12.2 Å². The Morgan fingerprint density at radius 2 is 1.58 bits per heavy atom. The first-order valence-corrected chi connectivity index (χ1v) is 7.99. The molecule has 0 aromatic rings. The fourth-order valence-electron chi connectivity index (χ4n) is 3.02. The lowest BCUT2D eigenvalue weighted by Crippen LogP contribution is -2.47. The molecule has 4 nitrogen and oxygen atoms in total. The van der Waals surface area contributed by atoms with Gasteiger partial charge in [0.2, 0.25) is 5.91 Å². The topological polar surface area (TPSA) is 35.6 Å². The number of hydrogen-bond acceptors (Lipinski definition) is 2. The Labute approximate surface area is 120 Å². The summed E-state index contributed by atoms with van der Waals surface area (Å²) in [5.74, 6) is 0.622. The molecule has 0 aromatic heterocycles. The predicted molar refractivity (Wildman–Crippen MR) is 78.9 cm³/mol. The van der Waals surface area contributed by atoms with Crippen molar-refractivity contribution in [3.63, 3.8) is 0 Å². The van der Waals surface area contributed by atoms with Gasteiger partial charge in [-0.2, -0.15) is 0 Å². The lowest BCUT2D eigenvalue weighted by atomic mass is 9.95. The highest BCUT2D eigenvalue weighted by molar-refractivity contribution is 7.80. The van der Waals surface area contributed by atoms with Crippen LogP contribution in [0.15, 0.2) is 0 Å². The maximum Gasteiger partial charge on any atom is 0.225 e. The summed E-state index contributed by atoms with van der Waals surface area (Å²) in [5, 5.41) is 4.28. The Balaban J connectivity index is 1.45. The molecule has 0 bridgehead atoms. The SMILES string of the molecule is O=C(C1CCN(C(=S)NC2CC2)CC1)N1CCCC1. The van der Waals surface area contributed by atoms with E-state index >= 15 is 0 Å². The van der Waals surface area contributed by atoms with Crippen molar-refractivity contribution < 1.29 is 4.79 Å². The average Bonchev–Trinajstić information content (AvgIpc) is 3.08. The van der Waals surface area contributed by atoms with Crippen LogP contribution < -0.4 is 5.32 Å². The quantitative estimate of drug-likeness (QED) is 0.775. The van der Waals surface area contributed by atoms with Gasteiger partial charge in [0.15, 0.2) is 5.11 Å². The zero-order chi connectivity index (χ0) is 13.2. The maximum absolute atomic E-state index is 12.3. The van der Waals surface area contributed by atoms with Gasteiger partial charge in [-0.1, -0.05) is 0 Å². The van der Waals surface area contributed by atoms with E-state index in [1.54, 1.807) is 0 Å². The molecular formula is C14H23N3OS. The van der Waals surface area contributed by atoms with Crippen LogP contribution in [0.4, 0.5) is 0 Å². The zero-order valence-corrected chi connectivity index (χ0v) is 12.3. The Bertz CT molecular complexity index is 356. The summed E-state index contributed by atoms with van der Waals surface area (Å²) in [6, 6.07) is 0.622. The average molecular weight is 281 g/mol. The summed E-state index contributed by atoms with van der Waals surface area (Å²) in [6.07, 6.45) is 6.79. The molecule has 0 aromatic carbocycles. The standard InChI is InChI=1S/C14H23N3OS/c18-13(16-7-1-2-8-16)11-5-9-17(10-6-11)14(19)15-12-3-4-12/h11-12H,1-10H2,(H,15,19). The molecule has 1 saturated carbocycles. The summed E-state index contributed by atoms with van der Waals surface area (Å²) >= 11 is 5.42. The molecule has 3 fully saturated rings. The van der Waals surface area contributed by atoms with Crippen molar-refractivity contribution in [2.24, 2.45) is 5.92 Å². The Morgan fingerprint density at radius 1 is 0.947 bits per heavy atom. The van der Waals surface area contributed by atoms with Crippen molar-refractivity contribution in [1.29, 1.82) is 0 Å². The van der Waals surface area contributed by atoms with E-state index in [0.29, 0.717) is 11.9 Å². The van der Waals surface area contributed by atoms with Crippen LogP contribution >= 0.6 is 12.2 Å².